The summed E-state index contributed by atoms with van der Waals surface area (Å²) < 4.78 is 18.3. The van der Waals surface area contributed by atoms with E-state index in [1.807, 2.05) is 17.5 Å². The number of thiophene rings is 1. The molecule has 0 fully saturated rings. The quantitative estimate of drug-likeness (QED) is 0.643. The Bertz CT molecular complexity index is 909. The molecule has 1 N–H and O–H groups in total. The topological polar surface area (TPSA) is 68.3 Å². The fraction of sp³-hybridized carbons (Fsp3) is 0.167. The molecule has 1 amide bonds. The van der Waals surface area contributed by atoms with Crippen molar-refractivity contribution in [3.05, 3.63) is 58.7 Å². The lowest BCUT2D eigenvalue weighted by atomic mass is 10.3. The lowest BCUT2D eigenvalue weighted by Gasteiger charge is -2.13. The number of benzene rings is 1. The monoisotopic (exact) mass is 390 g/mol. The highest BCUT2D eigenvalue weighted by molar-refractivity contribution is 7.20. The summed E-state index contributed by atoms with van der Waals surface area (Å²) >= 11 is 3.03. The Morgan fingerprint density at radius 2 is 2.12 bits per heavy atom. The number of thiazole rings is 1. The summed E-state index contributed by atoms with van der Waals surface area (Å²) in [4.78, 5) is 29.5. The first-order valence-corrected chi connectivity index (χ1v) is 9.51. The van der Waals surface area contributed by atoms with Crippen molar-refractivity contribution in [2.45, 2.75) is 19.4 Å². The van der Waals surface area contributed by atoms with Crippen molar-refractivity contribution in [2.75, 3.05) is 5.32 Å². The number of nitrogens with one attached hydrogen (secondary N) is 1. The molecular formula is C18H15FN2O3S2. The van der Waals surface area contributed by atoms with Crippen molar-refractivity contribution in [3.63, 3.8) is 0 Å². The molecule has 2 heterocycles. The second-order valence-corrected chi connectivity index (χ2v) is 7.24. The lowest BCUT2D eigenvalue weighted by molar-refractivity contribution is -0.152. The van der Waals surface area contributed by atoms with E-state index >= 15 is 0 Å². The van der Waals surface area contributed by atoms with E-state index in [2.05, 4.69) is 10.3 Å². The third kappa shape index (κ3) is 4.74. The summed E-state index contributed by atoms with van der Waals surface area (Å²) in [6.07, 6.45) is -1.01. The van der Waals surface area contributed by atoms with Crippen LogP contribution in [0.2, 0.25) is 0 Å². The average molecular weight is 390 g/mol. The summed E-state index contributed by atoms with van der Waals surface area (Å²) in [5.74, 6) is -1.53. The Kier molecular flexibility index (Phi) is 5.75. The number of carbonyl (C=O) groups excluding carboxylic acids is 2. The van der Waals surface area contributed by atoms with Gasteiger partial charge in [-0.15, -0.1) is 22.7 Å². The number of ether oxygens (including phenoxy) is 1. The molecule has 0 bridgehead atoms. The number of hydrogen-bond acceptors (Lipinski definition) is 6. The van der Waals surface area contributed by atoms with Crippen molar-refractivity contribution < 1.29 is 18.7 Å². The van der Waals surface area contributed by atoms with Gasteiger partial charge >= 0.3 is 5.97 Å². The zero-order chi connectivity index (χ0) is 18.5. The Balaban J connectivity index is 1.53. The third-order valence-electron chi connectivity index (χ3n) is 3.38. The molecule has 0 aliphatic carbocycles. The minimum absolute atomic E-state index is 0.0144. The number of aromatic nitrogens is 1. The molecule has 8 heteroatoms. The molecule has 3 rings (SSSR count). The van der Waals surface area contributed by atoms with Crippen molar-refractivity contribution in [1.29, 1.82) is 0 Å². The van der Waals surface area contributed by atoms with E-state index in [0.717, 1.165) is 9.88 Å². The predicted molar refractivity (Wildman–Crippen MR) is 99.7 cm³/mol. The average Bonchev–Trinajstić information content (AvgIpc) is 3.25. The molecule has 0 aliphatic rings. The number of halogens is 1. The van der Waals surface area contributed by atoms with Gasteiger partial charge in [0, 0.05) is 11.1 Å². The zero-order valence-corrected chi connectivity index (χ0v) is 15.4. The molecular weight excluding hydrogens is 375 g/mol. The van der Waals surface area contributed by atoms with Crippen LogP contribution >= 0.6 is 22.7 Å². The maximum absolute atomic E-state index is 13.1. The number of anilines is 1. The third-order valence-corrected chi connectivity index (χ3v) is 5.31. The van der Waals surface area contributed by atoms with Crippen molar-refractivity contribution >= 4 is 40.2 Å². The summed E-state index contributed by atoms with van der Waals surface area (Å²) in [5, 5.41) is 7.11. The van der Waals surface area contributed by atoms with Crippen molar-refractivity contribution in [3.8, 4) is 9.88 Å². The van der Waals surface area contributed by atoms with Gasteiger partial charge < -0.3 is 10.1 Å². The first-order chi connectivity index (χ1) is 12.5. The predicted octanol–water partition coefficient (Wildman–Crippen LogP) is 4.12. The Morgan fingerprint density at radius 1 is 1.27 bits per heavy atom. The zero-order valence-electron chi connectivity index (χ0n) is 13.8. The minimum atomic E-state index is -0.999. The van der Waals surface area contributed by atoms with Gasteiger partial charge in [0.2, 0.25) is 0 Å². The largest absolute Gasteiger partial charge is 0.452 e. The van der Waals surface area contributed by atoms with Crippen LogP contribution in [-0.4, -0.2) is 23.0 Å². The van der Waals surface area contributed by atoms with Crippen LogP contribution in [0.15, 0.2) is 47.2 Å². The van der Waals surface area contributed by atoms with Gasteiger partial charge in [0.1, 0.15) is 10.8 Å². The summed E-state index contributed by atoms with van der Waals surface area (Å²) in [7, 11) is 0. The summed E-state index contributed by atoms with van der Waals surface area (Å²) in [5.41, 5.74) is 0.902. The fourth-order valence-corrected chi connectivity index (χ4v) is 3.79. The lowest BCUT2D eigenvalue weighted by Crippen LogP contribution is -2.30. The van der Waals surface area contributed by atoms with E-state index < -0.39 is 23.8 Å². The maximum atomic E-state index is 13.1. The molecule has 0 saturated carbocycles. The number of carbonyl (C=O) groups is 2. The van der Waals surface area contributed by atoms with E-state index in [1.54, 1.807) is 22.8 Å². The van der Waals surface area contributed by atoms with E-state index in [9.17, 15) is 14.0 Å². The van der Waals surface area contributed by atoms with E-state index in [1.165, 1.54) is 36.5 Å². The van der Waals surface area contributed by atoms with Gasteiger partial charge in [0.25, 0.3) is 5.91 Å². The molecule has 0 aliphatic heterocycles. The molecule has 3 aromatic rings. The van der Waals surface area contributed by atoms with Crippen LogP contribution in [0, 0.1) is 5.82 Å². The summed E-state index contributed by atoms with van der Waals surface area (Å²) in [6, 6.07) is 9.40. The highest BCUT2D eigenvalue weighted by atomic mass is 32.1. The maximum Gasteiger partial charge on any atom is 0.312 e. The molecule has 26 heavy (non-hydrogen) atoms. The molecule has 1 atom stereocenters. The summed E-state index contributed by atoms with van der Waals surface area (Å²) in [6.45, 7) is 1.46. The van der Waals surface area contributed by atoms with Gasteiger partial charge in [-0.2, -0.15) is 0 Å². The molecule has 0 saturated heterocycles. The van der Waals surface area contributed by atoms with Gasteiger partial charge in [-0.3, -0.25) is 9.59 Å². The number of amides is 1. The van der Waals surface area contributed by atoms with Crippen molar-refractivity contribution in [2.24, 2.45) is 0 Å². The van der Waals surface area contributed by atoms with E-state index in [0.29, 0.717) is 11.4 Å². The number of esters is 1. The molecule has 5 nitrogen and oxygen atoms in total. The van der Waals surface area contributed by atoms with Crippen LogP contribution in [0.4, 0.5) is 10.1 Å². The number of nitrogens with zero attached hydrogens (tertiary/aromatic N) is 1. The first-order valence-electron chi connectivity index (χ1n) is 7.75. The SMILES string of the molecule is CC(OC(=O)Cc1csc(-c2cccs2)n1)C(=O)Nc1cccc(F)c1. The highest BCUT2D eigenvalue weighted by Gasteiger charge is 2.19. The first kappa shape index (κ1) is 18.2. The minimum Gasteiger partial charge on any atom is -0.452 e. The Morgan fingerprint density at radius 3 is 2.85 bits per heavy atom. The van der Waals surface area contributed by atoms with E-state index in [-0.39, 0.29) is 6.42 Å². The number of hydrogen-bond donors (Lipinski definition) is 1. The van der Waals surface area contributed by atoms with Crippen LogP contribution in [0.5, 0.6) is 0 Å². The highest BCUT2D eigenvalue weighted by Crippen LogP contribution is 2.28. The fourth-order valence-electron chi connectivity index (χ4n) is 2.15. The van der Waals surface area contributed by atoms with Crippen LogP contribution in [0.3, 0.4) is 0 Å². The smallest absolute Gasteiger partial charge is 0.312 e. The molecule has 0 radical (unpaired) electrons. The van der Waals surface area contributed by atoms with Gasteiger partial charge in [-0.1, -0.05) is 12.1 Å². The second-order valence-electron chi connectivity index (χ2n) is 5.43. The van der Waals surface area contributed by atoms with Crippen LogP contribution in [-0.2, 0) is 20.7 Å². The van der Waals surface area contributed by atoms with Crippen LogP contribution in [0.25, 0.3) is 9.88 Å². The molecule has 134 valence electrons. The molecule has 2 aromatic heterocycles. The Hall–Kier alpha value is -2.58. The standard InChI is InChI=1S/C18H15FN2O3S2/c1-11(17(23)20-13-5-2-4-12(19)8-13)24-16(22)9-14-10-26-18(21-14)15-6-3-7-25-15/h2-8,10-11H,9H2,1H3,(H,20,23). The second kappa shape index (κ2) is 8.20. The van der Waals surface area contributed by atoms with Crippen LogP contribution < -0.4 is 5.32 Å². The van der Waals surface area contributed by atoms with Crippen molar-refractivity contribution in [1.82, 2.24) is 4.98 Å². The molecule has 0 spiro atoms. The van der Waals surface area contributed by atoms with Gasteiger partial charge in [0.15, 0.2) is 6.10 Å². The van der Waals surface area contributed by atoms with Gasteiger partial charge in [-0.05, 0) is 36.6 Å². The van der Waals surface area contributed by atoms with Gasteiger partial charge in [0.05, 0.1) is 17.0 Å². The molecule has 1 unspecified atom stereocenters. The van der Waals surface area contributed by atoms with Gasteiger partial charge in [-0.25, -0.2) is 9.37 Å². The van der Waals surface area contributed by atoms with Crippen LogP contribution in [0.1, 0.15) is 12.6 Å². The Labute approximate surface area is 157 Å². The number of rotatable bonds is 6. The molecule has 1 aromatic carbocycles. The van der Waals surface area contributed by atoms with E-state index in [4.69, 9.17) is 4.74 Å². The normalized spacial score (nSPS) is 11.8.